The molecule has 0 bridgehead atoms. The van der Waals surface area contributed by atoms with Crippen LogP contribution in [0.3, 0.4) is 0 Å². The van der Waals surface area contributed by atoms with Crippen LogP contribution in [0.2, 0.25) is 0 Å². The Morgan fingerprint density at radius 1 is 0.857 bits per heavy atom. The highest BCUT2D eigenvalue weighted by molar-refractivity contribution is 7.93. The number of hydrogen-bond acceptors (Lipinski definition) is 9. The Balaban J connectivity index is 1.81. The van der Waals surface area contributed by atoms with Crippen molar-refractivity contribution in [2.24, 2.45) is 0 Å². The smallest absolute Gasteiger partial charge is 0.336 e. The number of benzene rings is 3. The third-order valence-corrected chi connectivity index (χ3v) is 8.51. The van der Waals surface area contributed by atoms with E-state index in [1.807, 2.05) is 19.2 Å². The molecule has 0 aliphatic carbocycles. The van der Waals surface area contributed by atoms with Crippen molar-refractivity contribution in [1.29, 1.82) is 0 Å². The average Bonchev–Trinajstić information content (AvgIpc) is 2.99. The van der Waals surface area contributed by atoms with E-state index in [2.05, 4.69) is 9.80 Å². The molecule has 4 rings (SSSR count). The van der Waals surface area contributed by atoms with E-state index in [1.165, 1.54) is 40.6 Å². The maximum Gasteiger partial charge on any atom is 0.336 e. The van der Waals surface area contributed by atoms with Gasteiger partial charge in [0.2, 0.25) is 0 Å². The Labute approximate surface area is 246 Å². The summed E-state index contributed by atoms with van der Waals surface area (Å²) in [7, 11) is 4.13. The van der Waals surface area contributed by atoms with Crippen molar-refractivity contribution >= 4 is 27.6 Å². The number of carboxylic acid groups (broad SMARTS) is 1. The molecule has 1 fully saturated rings. The molecule has 0 saturated carbocycles. The summed E-state index contributed by atoms with van der Waals surface area (Å²) in [5.41, 5.74) is 2.56. The van der Waals surface area contributed by atoms with E-state index in [0.717, 1.165) is 18.5 Å². The Hall–Kier alpha value is -4.22. The van der Waals surface area contributed by atoms with Gasteiger partial charge in [-0.2, -0.15) is 0 Å². The highest BCUT2D eigenvalue weighted by atomic mass is 32.2. The van der Waals surface area contributed by atoms with Crippen molar-refractivity contribution in [3.05, 3.63) is 70.6 Å². The van der Waals surface area contributed by atoms with Crippen LogP contribution >= 0.6 is 0 Å². The van der Waals surface area contributed by atoms with Crippen LogP contribution in [-0.2, 0) is 15.6 Å². The van der Waals surface area contributed by atoms with E-state index in [4.69, 9.17) is 18.9 Å². The normalized spacial score (nSPS) is 14.2. The van der Waals surface area contributed by atoms with Gasteiger partial charge in [0.05, 0.1) is 45.3 Å². The lowest BCUT2D eigenvalue weighted by atomic mass is 9.95. The summed E-state index contributed by atoms with van der Waals surface area (Å²) in [6.45, 7) is 2.90. The molecule has 0 aromatic heterocycles. The topological polar surface area (TPSA) is 115 Å². The standard InChI is InChI=1S/C31H36N2O8S/c1-32-11-13-33(14-12-32)27-19-25(23-8-6-7-9-28(23)39-3)26(31(34)35)16-21(27)20-42(36,37)15-10-24-29(40-4)17-22(38-2)18-30(24)41-5/h6-10,15-19H,11-14,20H2,1-5H3,(H,34,35)/b15-10+. The predicted octanol–water partition coefficient (Wildman–Crippen LogP) is 4.42. The van der Waals surface area contributed by atoms with Gasteiger partial charge in [-0.25, -0.2) is 13.2 Å². The lowest BCUT2D eigenvalue weighted by Crippen LogP contribution is -2.45. The van der Waals surface area contributed by atoms with Crippen LogP contribution < -0.4 is 23.8 Å². The molecule has 0 radical (unpaired) electrons. The number of anilines is 1. The lowest BCUT2D eigenvalue weighted by molar-refractivity contribution is 0.0697. The molecule has 3 aromatic rings. The SMILES string of the molecule is COc1cc(OC)c(/C=C/S(=O)(=O)Cc2cc(C(=O)O)c(-c3ccccc3OC)cc2N2CCN(C)CC2)c(OC)c1. The summed E-state index contributed by atoms with van der Waals surface area (Å²) in [6, 6.07) is 13.7. The number of methoxy groups -OCH3 is 4. The van der Waals surface area contributed by atoms with E-state index >= 15 is 0 Å². The molecule has 10 nitrogen and oxygen atoms in total. The van der Waals surface area contributed by atoms with E-state index in [1.54, 1.807) is 30.3 Å². The molecule has 3 aromatic carbocycles. The van der Waals surface area contributed by atoms with Crippen LogP contribution in [-0.4, -0.2) is 86.1 Å². The maximum atomic E-state index is 13.5. The molecule has 224 valence electrons. The van der Waals surface area contributed by atoms with Crippen molar-refractivity contribution in [1.82, 2.24) is 4.90 Å². The minimum Gasteiger partial charge on any atom is -0.496 e. The van der Waals surface area contributed by atoms with Crippen LogP contribution in [0.15, 0.2) is 53.9 Å². The summed E-state index contributed by atoms with van der Waals surface area (Å²) >= 11 is 0. The van der Waals surface area contributed by atoms with Crippen LogP contribution in [0.4, 0.5) is 5.69 Å². The average molecular weight is 597 g/mol. The third-order valence-electron chi connectivity index (χ3n) is 7.24. The number of carbonyl (C=O) groups is 1. The fourth-order valence-electron chi connectivity index (χ4n) is 4.99. The molecule has 0 amide bonds. The van der Waals surface area contributed by atoms with E-state index in [9.17, 15) is 18.3 Å². The minimum absolute atomic E-state index is 0.00921. The highest BCUT2D eigenvalue weighted by Crippen LogP contribution is 2.39. The largest absolute Gasteiger partial charge is 0.496 e. The lowest BCUT2D eigenvalue weighted by Gasteiger charge is -2.35. The second kappa shape index (κ2) is 13.2. The number of aromatic carboxylic acids is 1. The van der Waals surface area contributed by atoms with Gasteiger partial charge in [-0.1, -0.05) is 18.2 Å². The highest BCUT2D eigenvalue weighted by Gasteiger charge is 2.25. The van der Waals surface area contributed by atoms with Gasteiger partial charge in [0.25, 0.3) is 0 Å². The zero-order valence-corrected chi connectivity index (χ0v) is 25.2. The Morgan fingerprint density at radius 3 is 2.05 bits per heavy atom. The number of carboxylic acids is 1. The fourth-order valence-corrected chi connectivity index (χ4v) is 6.10. The predicted molar refractivity (Wildman–Crippen MR) is 163 cm³/mol. The minimum atomic E-state index is -3.88. The van der Waals surface area contributed by atoms with Crippen LogP contribution in [0, 0.1) is 0 Å². The summed E-state index contributed by atoms with van der Waals surface area (Å²) < 4.78 is 48.8. The van der Waals surface area contributed by atoms with Gasteiger partial charge >= 0.3 is 5.97 Å². The second-order valence-electron chi connectivity index (χ2n) is 9.88. The summed E-state index contributed by atoms with van der Waals surface area (Å²) in [5.74, 6) is 0.211. The van der Waals surface area contributed by atoms with Crippen molar-refractivity contribution in [2.45, 2.75) is 5.75 Å². The third kappa shape index (κ3) is 6.80. The number of piperazine rings is 1. The number of ether oxygens (including phenoxy) is 4. The van der Waals surface area contributed by atoms with E-state index < -0.39 is 21.6 Å². The maximum absolute atomic E-state index is 13.5. The Bertz CT molecular complexity index is 1550. The molecule has 0 spiro atoms. The Kier molecular flexibility index (Phi) is 9.64. The number of hydrogen-bond donors (Lipinski definition) is 1. The first-order chi connectivity index (χ1) is 20.1. The van der Waals surface area contributed by atoms with Crippen LogP contribution in [0.25, 0.3) is 17.2 Å². The molecule has 0 atom stereocenters. The molecule has 1 aliphatic rings. The summed E-state index contributed by atoms with van der Waals surface area (Å²) in [4.78, 5) is 16.8. The molecular weight excluding hydrogens is 560 g/mol. The number of nitrogens with zero attached hydrogens (tertiary/aromatic N) is 2. The van der Waals surface area contributed by atoms with Gasteiger partial charge in [0, 0.05) is 60.5 Å². The van der Waals surface area contributed by atoms with Crippen molar-refractivity contribution in [3.63, 3.8) is 0 Å². The van der Waals surface area contributed by atoms with Crippen molar-refractivity contribution < 1.29 is 37.3 Å². The number of sulfone groups is 1. The molecule has 1 heterocycles. The first kappa shape index (κ1) is 30.7. The van der Waals surface area contributed by atoms with Crippen LogP contribution in [0.1, 0.15) is 21.5 Å². The molecule has 0 unspecified atom stereocenters. The first-order valence-corrected chi connectivity index (χ1v) is 15.0. The summed E-state index contributed by atoms with van der Waals surface area (Å²) in [6.07, 6.45) is 1.42. The van der Waals surface area contributed by atoms with Gasteiger partial charge in [0.15, 0.2) is 9.84 Å². The number of likely N-dealkylation sites (N-methyl/N-ethyl adjacent to an activating group) is 1. The first-order valence-electron chi connectivity index (χ1n) is 13.3. The van der Waals surface area contributed by atoms with Gasteiger partial charge in [-0.15, -0.1) is 0 Å². The number of para-hydroxylation sites is 1. The van der Waals surface area contributed by atoms with Crippen molar-refractivity contribution in [2.75, 3.05) is 66.6 Å². The van der Waals surface area contributed by atoms with Gasteiger partial charge in [-0.05, 0) is 36.9 Å². The molecule has 1 N–H and O–H groups in total. The zero-order chi connectivity index (χ0) is 30.4. The molecule has 1 saturated heterocycles. The van der Waals surface area contributed by atoms with Crippen molar-refractivity contribution in [3.8, 4) is 34.1 Å². The van der Waals surface area contributed by atoms with Gasteiger partial charge < -0.3 is 33.9 Å². The van der Waals surface area contributed by atoms with E-state index in [0.29, 0.717) is 64.0 Å². The van der Waals surface area contributed by atoms with Gasteiger partial charge in [-0.3, -0.25) is 0 Å². The van der Waals surface area contributed by atoms with E-state index in [-0.39, 0.29) is 5.56 Å². The monoisotopic (exact) mass is 596 g/mol. The molecule has 11 heteroatoms. The Morgan fingerprint density at radius 2 is 1.48 bits per heavy atom. The summed E-state index contributed by atoms with van der Waals surface area (Å²) in [5, 5.41) is 11.3. The zero-order valence-electron chi connectivity index (χ0n) is 24.4. The molecule has 42 heavy (non-hydrogen) atoms. The van der Waals surface area contributed by atoms with Crippen LogP contribution in [0.5, 0.6) is 23.0 Å². The van der Waals surface area contributed by atoms with Gasteiger partial charge in [0.1, 0.15) is 23.0 Å². The second-order valence-corrected chi connectivity index (χ2v) is 11.8. The fraction of sp³-hybridized carbons (Fsp3) is 0.323. The quantitative estimate of drug-likeness (QED) is 0.341. The molecule has 1 aliphatic heterocycles. The number of rotatable bonds is 11. The molecular formula is C31H36N2O8S.